The first-order valence-corrected chi connectivity index (χ1v) is 7.95. The maximum absolute atomic E-state index is 4.42. The summed E-state index contributed by atoms with van der Waals surface area (Å²) in [5.74, 6) is 1.44. The predicted octanol–water partition coefficient (Wildman–Crippen LogP) is 6.08. The van der Waals surface area contributed by atoms with E-state index in [0.717, 1.165) is 12.3 Å². The molecule has 0 N–H and O–H groups in total. The summed E-state index contributed by atoms with van der Waals surface area (Å²) in [6.07, 6.45) is 14.1. The summed E-state index contributed by atoms with van der Waals surface area (Å²) in [6.45, 7) is 17.6. The summed E-state index contributed by atoms with van der Waals surface area (Å²) in [5.41, 5.74) is 3.37. The molecule has 0 heterocycles. The van der Waals surface area contributed by atoms with Gasteiger partial charge < -0.3 is 0 Å². The minimum Gasteiger partial charge on any atom is -0.103 e. The Bertz CT molecular complexity index is 460. The third-order valence-electron chi connectivity index (χ3n) is 5.75. The molecule has 0 radical (unpaired) electrons. The lowest BCUT2D eigenvalue weighted by atomic mass is 9.51. The molecule has 2 rings (SSSR count). The van der Waals surface area contributed by atoms with Crippen LogP contribution in [0.3, 0.4) is 0 Å². The Kier molecular flexibility index (Phi) is 4.14. The zero-order valence-electron chi connectivity index (χ0n) is 13.7. The van der Waals surface area contributed by atoms with Gasteiger partial charge in [0.15, 0.2) is 0 Å². The zero-order chi connectivity index (χ0) is 15.0. The van der Waals surface area contributed by atoms with Crippen molar-refractivity contribution in [1.82, 2.24) is 0 Å². The molecule has 2 bridgehead atoms. The van der Waals surface area contributed by atoms with Crippen LogP contribution < -0.4 is 0 Å². The molecule has 4 atom stereocenters. The first-order chi connectivity index (χ1) is 9.31. The topological polar surface area (TPSA) is 0 Å². The van der Waals surface area contributed by atoms with Crippen LogP contribution in [0.25, 0.3) is 0 Å². The summed E-state index contributed by atoms with van der Waals surface area (Å²) in [6, 6.07) is 0. The second kappa shape index (κ2) is 5.39. The van der Waals surface area contributed by atoms with Gasteiger partial charge in [0.1, 0.15) is 0 Å². The average molecular weight is 270 g/mol. The molecule has 2 fully saturated rings. The van der Waals surface area contributed by atoms with Crippen molar-refractivity contribution >= 4 is 0 Å². The van der Waals surface area contributed by atoms with Crippen molar-refractivity contribution in [1.29, 1.82) is 0 Å². The number of fused-ring (bicyclic) bond motifs is 2. The van der Waals surface area contributed by atoms with Gasteiger partial charge in [-0.15, -0.1) is 6.58 Å². The van der Waals surface area contributed by atoms with E-state index in [1.54, 1.807) is 0 Å². The Morgan fingerprint density at radius 1 is 1.25 bits per heavy atom. The SMILES string of the molecule is C=CC1(C)CCC2CC1C(=C)CC2(C)/C=C/C=C(C)C. The van der Waals surface area contributed by atoms with Gasteiger partial charge >= 0.3 is 0 Å². The molecule has 110 valence electrons. The third kappa shape index (κ3) is 2.71. The van der Waals surface area contributed by atoms with Gasteiger partial charge in [-0.3, -0.25) is 0 Å². The Morgan fingerprint density at radius 2 is 1.95 bits per heavy atom. The molecule has 20 heavy (non-hydrogen) atoms. The molecule has 0 amide bonds. The molecule has 0 aromatic heterocycles. The summed E-state index contributed by atoms with van der Waals surface area (Å²) in [7, 11) is 0. The second-order valence-electron chi connectivity index (χ2n) is 7.68. The highest BCUT2D eigenvalue weighted by Gasteiger charge is 2.48. The Balaban J connectivity index is 2.22. The predicted molar refractivity (Wildman–Crippen MR) is 89.6 cm³/mol. The van der Waals surface area contributed by atoms with Crippen LogP contribution in [0, 0.1) is 22.7 Å². The molecular weight excluding hydrogens is 240 g/mol. The van der Waals surface area contributed by atoms with Crippen molar-refractivity contribution in [2.75, 3.05) is 0 Å². The van der Waals surface area contributed by atoms with Gasteiger partial charge in [0.2, 0.25) is 0 Å². The standard InChI is InChI=1S/C20H30/c1-7-19(5)12-10-17-13-18(19)16(4)14-20(17,6)11-8-9-15(2)3/h7-9,11,17-18H,1,4,10,12-14H2,2-3,5-6H3/b11-8+. The van der Waals surface area contributed by atoms with Gasteiger partial charge in [0.25, 0.3) is 0 Å². The highest BCUT2D eigenvalue weighted by molar-refractivity contribution is 5.24. The lowest BCUT2D eigenvalue weighted by molar-refractivity contribution is 0.0524. The fourth-order valence-corrected chi connectivity index (χ4v) is 4.22. The smallest absolute Gasteiger partial charge is 0.00778 e. The van der Waals surface area contributed by atoms with Crippen LogP contribution in [0.5, 0.6) is 0 Å². The van der Waals surface area contributed by atoms with E-state index in [1.807, 2.05) is 0 Å². The largest absolute Gasteiger partial charge is 0.103 e. The molecule has 0 saturated heterocycles. The van der Waals surface area contributed by atoms with Gasteiger partial charge in [-0.1, -0.05) is 55.9 Å². The van der Waals surface area contributed by atoms with Crippen molar-refractivity contribution in [3.63, 3.8) is 0 Å². The van der Waals surface area contributed by atoms with Crippen molar-refractivity contribution in [2.24, 2.45) is 22.7 Å². The quantitative estimate of drug-likeness (QED) is 0.430. The maximum Gasteiger partial charge on any atom is -0.00778 e. The summed E-state index contributed by atoms with van der Waals surface area (Å²) in [5, 5.41) is 0. The number of rotatable bonds is 3. The molecule has 0 aromatic carbocycles. The molecule has 0 aromatic rings. The number of hydrogen-bond acceptors (Lipinski definition) is 0. The highest BCUT2D eigenvalue weighted by Crippen LogP contribution is 2.58. The molecule has 2 aliphatic rings. The number of hydrogen-bond donors (Lipinski definition) is 0. The van der Waals surface area contributed by atoms with Crippen LogP contribution in [0.4, 0.5) is 0 Å². The average Bonchev–Trinajstić information content (AvgIpc) is 2.37. The van der Waals surface area contributed by atoms with Crippen molar-refractivity contribution in [3.8, 4) is 0 Å². The van der Waals surface area contributed by atoms with Gasteiger partial charge in [-0.2, -0.15) is 0 Å². The molecular formula is C20H30. The lowest BCUT2D eigenvalue weighted by Gasteiger charge is -2.54. The zero-order valence-corrected chi connectivity index (χ0v) is 13.7. The molecule has 0 aliphatic heterocycles. The van der Waals surface area contributed by atoms with E-state index >= 15 is 0 Å². The molecule has 2 saturated carbocycles. The van der Waals surface area contributed by atoms with Crippen LogP contribution in [0.1, 0.15) is 53.4 Å². The third-order valence-corrected chi connectivity index (χ3v) is 5.75. The Morgan fingerprint density at radius 3 is 2.55 bits per heavy atom. The minimum atomic E-state index is 0.276. The van der Waals surface area contributed by atoms with Crippen LogP contribution >= 0.6 is 0 Å². The minimum absolute atomic E-state index is 0.276. The Hall–Kier alpha value is -1.04. The van der Waals surface area contributed by atoms with E-state index in [9.17, 15) is 0 Å². The fourth-order valence-electron chi connectivity index (χ4n) is 4.22. The van der Waals surface area contributed by atoms with Crippen LogP contribution in [0.15, 0.2) is 48.6 Å². The van der Waals surface area contributed by atoms with E-state index in [0.29, 0.717) is 11.3 Å². The maximum atomic E-state index is 4.42. The first kappa shape index (κ1) is 15.4. The molecule has 0 nitrogen and oxygen atoms in total. The fraction of sp³-hybridized carbons (Fsp3) is 0.600. The van der Waals surface area contributed by atoms with Gasteiger partial charge in [0.05, 0.1) is 0 Å². The lowest BCUT2D eigenvalue weighted by Crippen LogP contribution is -2.44. The van der Waals surface area contributed by atoms with Gasteiger partial charge in [-0.05, 0) is 62.2 Å². The van der Waals surface area contributed by atoms with E-state index in [-0.39, 0.29) is 5.41 Å². The van der Waals surface area contributed by atoms with E-state index < -0.39 is 0 Å². The van der Waals surface area contributed by atoms with Gasteiger partial charge in [-0.25, -0.2) is 0 Å². The van der Waals surface area contributed by atoms with E-state index in [1.165, 1.54) is 30.4 Å². The van der Waals surface area contributed by atoms with Crippen LogP contribution in [-0.4, -0.2) is 0 Å². The van der Waals surface area contributed by atoms with E-state index in [2.05, 4.69) is 65.2 Å². The summed E-state index contributed by atoms with van der Waals surface area (Å²) < 4.78 is 0. The monoisotopic (exact) mass is 270 g/mol. The molecule has 4 unspecified atom stereocenters. The van der Waals surface area contributed by atoms with Gasteiger partial charge in [0, 0.05) is 0 Å². The highest BCUT2D eigenvalue weighted by atomic mass is 14.5. The molecule has 0 spiro atoms. The molecule has 2 aliphatic carbocycles. The van der Waals surface area contributed by atoms with Crippen LogP contribution in [0.2, 0.25) is 0 Å². The van der Waals surface area contributed by atoms with Crippen molar-refractivity contribution in [2.45, 2.75) is 53.4 Å². The number of allylic oxidation sites excluding steroid dienone is 6. The van der Waals surface area contributed by atoms with Crippen LogP contribution in [-0.2, 0) is 0 Å². The molecule has 0 heteroatoms. The second-order valence-corrected chi connectivity index (χ2v) is 7.68. The normalized spacial score (nSPS) is 40.7. The van der Waals surface area contributed by atoms with E-state index in [4.69, 9.17) is 0 Å². The van der Waals surface area contributed by atoms with Crippen molar-refractivity contribution in [3.05, 3.63) is 48.6 Å². The first-order valence-electron chi connectivity index (χ1n) is 7.95. The van der Waals surface area contributed by atoms with Crippen molar-refractivity contribution < 1.29 is 0 Å². The summed E-state index contributed by atoms with van der Waals surface area (Å²) >= 11 is 0. The summed E-state index contributed by atoms with van der Waals surface area (Å²) in [4.78, 5) is 0. The Labute approximate surface area is 125 Å².